The van der Waals surface area contributed by atoms with Crippen LogP contribution in [0.3, 0.4) is 0 Å². The van der Waals surface area contributed by atoms with Crippen LogP contribution in [0.2, 0.25) is 0 Å². The molecule has 302 valence electrons. The zero-order valence-electron chi connectivity index (χ0n) is 31.7. The van der Waals surface area contributed by atoms with Gasteiger partial charge in [0, 0.05) is 50.8 Å². The Labute approximate surface area is 339 Å². The number of aromatic nitrogens is 1. The molecule has 16 heteroatoms. The Balaban J connectivity index is 1.29. The number of H-pyrrole nitrogens is 1. The fourth-order valence-electron chi connectivity index (χ4n) is 7.11. The van der Waals surface area contributed by atoms with Crippen molar-refractivity contribution in [3.63, 3.8) is 0 Å². The summed E-state index contributed by atoms with van der Waals surface area (Å²) in [6, 6.07) is 16.8. The molecule has 1 saturated heterocycles. The van der Waals surface area contributed by atoms with E-state index < -0.39 is 59.2 Å². The van der Waals surface area contributed by atoms with Gasteiger partial charge in [-0.1, -0.05) is 42.5 Å². The van der Waals surface area contributed by atoms with Crippen LogP contribution in [-0.2, 0) is 43.2 Å². The maximum atomic E-state index is 14.5. The summed E-state index contributed by atoms with van der Waals surface area (Å²) >= 11 is 2.94. The summed E-state index contributed by atoms with van der Waals surface area (Å²) in [7, 11) is 0. The number of hydrogen-bond acceptors (Lipinski definition) is 10. The molecule has 0 bridgehead atoms. The van der Waals surface area contributed by atoms with Gasteiger partial charge in [-0.05, 0) is 92.3 Å². The van der Waals surface area contributed by atoms with Crippen molar-refractivity contribution in [1.29, 1.82) is 0 Å². The number of para-hydroxylation sites is 1. The summed E-state index contributed by atoms with van der Waals surface area (Å²) in [5, 5.41) is 18.5. The van der Waals surface area contributed by atoms with Crippen molar-refractivity contribution in [2.24, 2.45) is 17.2 Å². The topological polar surface area (TPSA) is 239 Å². The molecule has 5 amide bonds. The largest absolute Gasteiger partial charge is 0.368 e. The molecule has 0 unspecified atom stereocenters. The predicted octanol–water partition coefficient (Wildman–Crippen LogP) is 2.11. The highest BCUT2D eigenvalue weighted by atomic mass is 32.1. The van der Waals surface area contributed by atoms with E-state index in [0.29, 0.717) is 51.7 Å². The third kappa shape index (κ3) is 10.8. The quantitative estimate of drug-likeness (QED) is 0.0559. The Morgan fingerprint density at radius 3 is 2.09 bits per heavy atom. The second-order valence-electron chi connectivity index (χ2n) is 14.6. The van der Waals surface area contributed by atoms with Gasteiger partial charge in [0.1, 0.15) is 24.2 Å². The van der Waals surface area contributed by atoms with E-state index in [9.17, 15) is 24.0 Å². The Bertz CT molecular complexity index is 2130. The van der Waals surface area contributed by atoms with Crippen molar-refractivity contribution in [2.45, 2.75) is 81.1 Å². The third-order valence-corrected chi connectivity index (χ3v) is 12.4. The molecule has 57 heavy (non-hydrogen) atoms. The summed E-state index contributed by atoms with van der Waals surface area (Å²) < 4.78 is 1.04. The normalized spacial score (nSPS) is 16.0. The van der Waals surface area contributed by atoms with E-state index in [1.54, 1.807) is 6.20 Å². The van der Waals surface area contributed by atoms with Gasteiger partial charge in [-0.15, -0.1) is 22.7 Å². The van der Waals surface area contributed by atoms with Gasteiger partial charge in [0.15, 0.2) is 0 Å². The van der Waals surface area contributed by atoms with Crippen LogP contribution in [0.25, 0.3) is 21.0 Å². The first-order valence-electron chi connectivity index (χ1n) is 19.3. The van der Waals surface area contributed by atoms with Crippen molar-refractivity contribution in [2.75, 3.05) is 19.6 Å². The fourth-order valence-corrected chi connectivity index (χ4v) is 8.98. The van der Waals surface area contributed by atoms with Crippen LogP contribution in [0.5, 0.6) is 0 Å². The number of hydrogen-bond donors (Lipinski definition) is 9. The highest BCUT2D eigenvalue weighted by molar-refractivity contribution is 7.19. The summed E-state index contributed by atoms with van der Waals surface area (Å²) in [5.41, 5.74) is 18.4. The maximum absolute atomic E-state index is 14.5. The van der Waals surface area contributed by atoms with Crippen LogP contribution in [0.15, 0.2) is 78.3 Å². The van der Waals surface area contributed by atoms with E-state index in [1.807, 2.05) is 72.1 Å². The molecule has 2 aromatic carbocycles. The number of rotatable bonds is 19. The van der Waals surface area contributed by atoms with Crippen LogP contribution in [0.4, 0.5) is 0 Å². The minimum Gasteiger partial charge on any atom is -0.368 e. The van der Waals surface area contributed by atoms with Gasteiger partial charge in [-0.3, -0.25) is 24.0 Å². The molecule has 1 fully saturated rings. The smallest absolute Gasteiger partial charge is 0.243 e. The first-order chi connectivity index (χ1) is 27.5. The lowest BCUT2D eigenvalue weighted by atomic mass is 9.88. The number of fused-ring (bicyclic) bond motifs is 2. The first-order valence-corrected chi connectivity index (χ1v) is 21.0. The number of thiophene rings is 2. The molecule has 3 aromatic heterocycles. The first kappa shape index (κ1) is 41.5. The molecule has 1 aliphatic rings. The van der Waals surface area contributed by atoms with Crippen molar-refractivity contribution in [1.82, 2.24) is 31.6 Å². The minimum atomic E-state index is -1.18. The van der Waals surface area contributed by atoms with Crippen molar-refractivity contribution < 1.29 is 24.0 Å². The van der Waals surface area contributed by atoms with Crippen LogP contribution in [0.1, 0.15) is 47.4 Å². The van der Waals surface area contributed by atoms with Gasteiger partial charge >= 0.3 is 0 Å². The fraction of sp³-hybridized carbons (Fsp3) is 0.390. The Morgan fingerprint density at radius 1 is 0.754 bits per heavy atom. The number of nitrogens with two attached hydrogens (primary N) is 3. The third-order valence-electron chi connectivity index (χ3n) is 10.4. The molecule has 4 atom stereocenters. The minimum absolute atomic E-state index is 0.0635. The number of unbranched alkanes of at least 4 members (excludes halogenated alkanes) is 1. The van der Waals surface area contributed by atoms with Gasteiger partial charge in [0.05, 0.1) is 5.54 Å². The Hall–Kier alpha value is -5.13. The van der Waals surface area contributed by atoms with Gasteiger partial charge in [0.2, 0.25) is 29.5 Å². The highest BCUT2D eigenvalue weighted by Gasteiger charge is 2.38. The number of carbonyl (C=O) groups excluding carboxylic acids is 5. The van der Waals surface area contributed by atoms with Crippen LogP contribution in [0, 0.1) is 0 Å². The summed E-state index contributed by atoms with van der Waals surface area (Å²) in [6.45, 7) is 1.56. The van der Waals surface area contributed by atoms with E-state index in [0.717, 1.165) is 36.3 Å². The highest BCUT2D eigenvalue weighted by Crippen LogP contribution is 2.27. The second kappa shape index (κ2) is 19.3. The lowest BCUT2D eigenvalue weighted by Crippen LogP contribution is -2.63. The molecule has 0 saturated carbocycles. The summed E-state index contributed by atoms with van der Waals surface area (Å²) in [4.78, 5) is 74.0. The number of amides is 5. The number of piperidine rings is 1. The molecule has 6 rings (SSSR count). The lowest BCUT2D eigenvalue weighted by molar-refractivity contribution is -0.135. The molecule has 0 aliphatic carbocycles. The van der Waals surface area contributed by atoms with Gasteiger partial charge in [0.25, 0.3) is 0 Å². The van der Waals surface area contributed by atoms with Crippen LogP contribution >= 0.6 is 22.7 Å². The molecule has 14 nitrogen and oxygen atoms in total. The molecule has 1 aliphatic heterocycles. The molecular formula is C41H51N9O5S2. The number of carbonyl (C=O) groups is 5. The molecule has 4 heterocycles. The van der Waals surface area contributed by atoms with E-state index in [2.05, 4.69) is 31.6 Å². The zero-order chi connectivity index (χ0) is 40.4. The standard InChI is InChI=1S/C41H51N9O5S2/c42-16-6-5-12-31(36(43)51)47-38(53)33(22-27-9-7-19-56-27)49-37(52)32(21-26-24-46-30-11-3-2-10-29(26)30)48-39(54)34(50-40(55)41(44)14-17-45-18-15-41)23-28-20-25-8-1-4-13-35(25)57-28/h1-4,7-11,13,19-20,24,31-34,45-46H,5-6,12,14-18,21-23,42,44H2,(H2,43,51)(H,47,53)(H,48,54)(H,49,52)(H,50,55)/t31-,32+,33-,34+/m0/s1. The maximum Gasteiger partial charge on any atom is 0.243 e. The van der Waals surface area contributed by atoms with Crippen molar-refractivity contribution in [3.8, 4) is 0 Å². The van der Waals surface area contributed by atoms with Crippen molar-refractivity contribution in [3.05, 3.63) is 93.6 Å². The predicted molar refractivity (Wildman–Crippen MR) is 224 cm³/mol. The van der Waals surface area contributed by atoms with Gasteiger partial charge in [-0.25, -0.2) is 0 Å². The van der Waals surface area contributed by atoms with E-state index in [1.165, 1.54) is 22.7 Å². The average molecular weight is 814 g/mol. The average Bonchev–Trinajstić information content (AvgIpc) is 3.97. The molecule has 0 radical (unpaired) electrons. The summed E-state index contributed by atoms with van der Waals surface area (Å²) in [5.74, 6) is -2.92. The molecule has 5 aromatic rings. The van der Waals surface area contributed by atoms with Gasteiger partial charge in [-0.2, -0.15) is 0 Å². The SMILES string of the molecule is NCCCC[C@H](NC(=O)[C@H](Cc1cccs1)NC(=O)[C@@H](Cc1c[nH]c2ccccc12)NC(=O)[C@@H](Cc1cc2ccccc2s1)NC(=O)C1(N)CCNCC1)C(N)=O. The van der Waals surface area contributed by atoms with E-state index >= 15 is 0 Å². The number of benzene rings is 2. The number of nitrogens with one attached hydrogen (secondary N) is 6. The summed E-state index contributed by atoms with van der Waals surface area (Å²) in [6.07, 6.45) is 4.47. The zero-order valence-corrected chi connectivity index (χ0v) is 33.3. The number of aromatic amines is 1. The monoisotopic (exact) mass is 813 g/mol. The van der Waals surface area contributed by atoms with Crippen LogP contribution in [-0.4, -0.2) is 83.9 Å². The molecule has 12 N–H and O–H groups in total. The van der Waals surface area contributed by atoms with Gasteiger partial charge < -0.3 is 48.8 Å². The van der Waals surface area contributed by atoms with E-state index in [-0.39, 0.29) is 19.3 Å². The Morgan fingerprint density at radius 2 is 1.40 bits per heavy atom. The lowest BCUT2D eigenvalue weighted by Gasteiger charge is -2.34. The molecular weight excluding hydrogens is 763 g/mol. The number of primary amides is 1. The van der Waals surface area contributed by atoms with Crippen molar-refractivity contribution >= 4 is 73.2 Å². The Kier molecular flexibility index (Phi) is 14.1. The second-order valence-corrected chi connectivity index (χ2v) is 16.8. The molecule has 0 spiro atoms. The van der Waals surface area contributed by atoms with Crippen LogP contribution < -0.4 is 43.8 Å². The van der Waals surface area contributed by atoms with E-state index in [4.69, 9.17) is 17.2 Å².